The highest BCUT2D eigenvalue weighted by Crippen LogP contribution is 2.37. The van der Waals surface area contributed by atoms with Crippen LogP contribution in [0.5, 0.6) is 5.75 Å². The van der Waals surface area contributed by atoms with Crippen LogP contribution in [0.1, 0.15) is 38.5 Å². The number of hydrogen-bond acceptors (Lipinski definition) is 5. The van der Waals surface area contributed by atoms with Gasteiger partial charge in [-0.25, -0.2) is 18.2 Å². The van der Waals surface area contributed by atoms with Crippen LogP contribution in [-0.2, 0) is 0 Å². The van der Waals surface area contributed by atoms with Crippen molar-refractivity contribution in [2.75, 3.05) is 18.8 Å². The maximum absolute atomic E-state index is 14.0. The molecular weight excluding hydrogens is 478 g/mol. The van der Waals surface area contributed by atoms with Crippen molar-refractivity contribution in [3.05, 3.63) is 58.2 Å². The molecule has 6 nitrogen and oxygen atoms in total. The van der Waals surface area contributed by atoms with E-state index in [0.29, 0.717) is 11.1 Å². The maximum Gasteiger partial charge on any atom is 0.283 e. The van der Waals surface area contributed by atoms with Gasteiger partial charge in [0, 0.05) is 40.7 Å². The van der Waals surface area contributed by atoms with Gasteiger partial charge < -0.3 is 15.8 Å². The highest BCUT2D eigenvalue weighted by atomic mass is 35.5. The predicted molar refractivity (Wildman–Crippen MR) is 124 cm³/mol. The third kappa shape index (κ3) is 5.20. The summed E-state index contributed by atoms with van der Waals surface area (Å²) >= 11 is 12.2. The number of benzene rings is 1. The zero-order valence-corrected chi connectivity index (χ0v) is 19.8. The number of anilines is 1. The Morgan fingerprint density at radius 2 is 1.97 bits per heavy atom. The zero-order valence-electron chi connectivity index (χ0n) is 18.3. The van der Waals surface area contributed by atoms with Gasteiger partial charge in [-0.1, -0.05) is 37.0 Å². The average Bonchev–Trinajstić information content (AvgIpc) is 3.40. The van der Waals surface area contributed by atoms with Crippen molar-refractivity contribution in [1.82, 2.24) is 20.1 Å². The summed E-state index contributed by atoms with van der Waals surface area (Å²) in [7, 11) is 0. The van der Waals surface area contributed by atoms with Crippen LogP contribution in [0.25, 0.3) is 11.1 Å². The second-order valence-electron chi connectivity index (χ2n) is 7.24. The summed E-state index contributed by atoms with van der Waals surface area (Å²) in [5.74, 6) is -3.21. The molecule has 1 aromatic carbocycles. The number of nitrogens with zero attached hydrogens (tertiary/aromatic N) is 3. The number of halogens is 5. The Hall–Kier alpha value is -2.49. The van der Waals surface area contributed by atoms with Crippen molar-refractivity contribution < 1.29 is 17.9 Å². The van der Waals surface area contributed by atoms with Crippen LogP contribution < -0.4 is 15.8 Å². The summed E-state index contributed by atoms with van der Waals surface area (Å²) in [6, 6.07) is 3.08. The molecule has 33 heavy (non-hydrogen) atoms. The van der Waals surface area contributed by atoms with Crippen molar-refractivity contribution in [2.24, 2.45) is 0 Å². The minimum atomic E-state index is -2.89. The molecule has 4 rings (SSSR count). The van der Waals surface area contributed by atoms with Gasteiger partial charge in [0.05, 0.1) is 17.8 Å². The number of rotatable bonds is 5. The summed E-state index contributed by atoms with van der Waals surface area (Å²) in [6.45, 7) is 5.37. The van der Waals surface area contributed by atoms with Crippen LogP contribution in [0, 0.1) is 5.82 Å². The van der Waals surface area contributed by atoms with Gasteiger partial charge in [0.15, 0.2) is 11.6 Å². The van der Waals surface area contributed by atoms with E-state index in [1.807, 2.05) is 13.8 Å². The molecule has 0 saturated carbocycles. The number of nitrogens with two attached hydrogens (primary N) is 1. The Bertz CT molecular complexity index is 1130. The predicted octanol–water partition coefficient (Wildman–Crippen LogP) is 5.92. The number of nitrogen functional groups attached to an aromatic ring is 1. The summed E-state index contributed by atoms with van der Waals surface area (Å²) in [5, 5.41) is 6.85. The third-order valence-electron chi connectivity index (χ3n) is 5.11. The summed E-state index contributed by atoms with van der Waals surface area (Å²) < 4.78 is 49.0. The molecule has 0 spiro atoms. The standard InChI is InChI=1S/C20H18Cl2F3N5O.C2H6/c1-10(17-13(21)2-3-14(23)18(17)22)31-15-4-11(5-28-19(15)26)12-6-29-30(8-12)16-7-27-9-20(16,24)25;1-2/h2-6,8,10,16,27H,7,9H2,1H3,(H2,26,28);1-2H3. The summed E-state index contributed by atoms with van der Waals surface area (Å²) in [6.07, 6.45) is 3.74. The fourth-order valence-electron chi connectivity index (χ4n) is 3.46. The first-order chi connectivity index (χ1) is 15.7. The first kappa shape index (κ1) is 25.1. The molecule has 0 aliphatic carbocycles. The number of hydrogen-bond donors (Lipinski definition) is 2. The Morgan fingerprint density at radius 3 is 2.64 bits per heavy atom. The number of ether oxygens (including phenoxy) is 1. The van der Waals surface area contributed by atoms with E-state index >= 15 is 0 Å². The van der Waals surface area contributed by atoms with Gasteiger partial charge in [0.2, 0.25) is 0 Å². The molecule has 2 unspecified atom stereocenters. The van der Waals surface area contributed by atoms with E-state index in [1.54, 1.807) is 13.0 Å². The van der Waals surface area contributed by atoms with E-state index in [1.165, 1.54) is 35.4 Å². The molecule has 1 fully saturated rings. The lowest BCUT2D eigenvalue weighted by atomic mass is 10.1. The average molecular weight is 502 g/mol. The molecule has 0 bridgehead atoms. The van der Waals surface area contributed by atoms with Crippen LogP contribution in [0.3, 0.4) is 0 Å². The lowest BCUT2D eigenvalue weighted by Crippen LogP contribution is -2.29. The lowest BCUT2D eigenvalue weighted by molar-refractivity contribution is -0.0195. The Labute approximate surface area is 199 Å². The van der Waals surface area contributed by atoms with Crippen LogP contribution in [-0.4, -0.2) is 33.8 Å². The maximum atomic E-state index is 14.0. The molecule has 3 heterocycles. The fraction of sp³-hybridized carbons (Fsp3) is 0.364. The molecule has 2 aromatic heterocycles. The molecule has 1 saturated heterocycles. The van der Waals surface area contributed by atoms with Crippen molar-refractivity contribution in [3.8, 4) is 16.9 Å². The van der Waals surface area contributed by atoms with Gasteiger partial charge in [-0.3, -0.25) is 4.68 Å². The van der Waals surface area contributed by atoms with Crippen LogP contribution in [0.2, 0.25) is 10.0 Å². The van der Waals surface area contributed by atoms with Gasteiger partial charge in [0.25, 0.3) is 5.92 Å². The van der Waals surface area contributed by atoms with Crippen LogP contribution >= 0.6 is 23.2 Å². The molecular formula is C22H24Cl2F3N5O. The van der Waals surface area contributed by atoms with Gasteiger partial charge in [0.1, 0.15) is 18.0 Å². The normalized spacial score (nSPS) is 17.9. The third-order valence-corrected chi connectivity index (χ3v) is 5.83. The van der Waals surface area contributed by atoms with Gasteiger partial charge >= 0.3 is 0 Å². The number of aromatic nitrogens is 3. The number of nitrogens with one attached hydrogen (secondary N) is 1. The molecule has 178 valence electrons. The minimum absolute atomic E-state index is 0.0955. The smallest absolute Gasteiger partial charge is 0.283 e. The van der Waals surface area contributed by atoms with Crippen LogP contribution in [0.4, 0.5) is 19.0 Å². The molecule has 3 N–H and O–H groups in total. The van der Waals surface area contributed by atoms with Gasteiger partial charge in [-0.15, -0.1) is 0 Å². The van der Waals surface area contributed by atoms with Gasteiger partial charge in [-0.05, 0) is 25.1 Å². The minimum Gasteiger partial charge on any atom is -0.482 e. The topological polar surface area (TPSA) is 78.0 Å². The first-order valence-corrected chi connectivity index (χ1v) is 11.1. The SMILES string of the molecule is CC.CC(Oc1cc(-c2cnn(C3CNCC3(F)F)c2)cnc1N)c1c(Cl)ccc(F)c1Cl. The summed E-state index contributed by atoms with van der Waals surface area (Å²) in [5.41, 5.74) is 7.34. The monoisotopic (exact) mass is 501 g/mol. The molecule has 1 aliphatic heterocycles. The Kier molecular flexibility index (Phi) is 7.76. The molecule has 2 atom stereocenters. The van der Waals surface area contributed by atoms with Gasteiger partial charge in [-0.2, -0.15) is 5.10 Å². The van der Waals surface area contributed by atoms with E-state index in [9.17, 15) is 13.2 Å². The lowest BCUT2D eigenvalue weighted by Gasteiger charge is -2.19. The molecule has 3 aromatic rings. The van der Waals surface area contributed by atoms with E-state index in [-0.39, 0.29) is 33.7 Å². The van der Waals surface area contributed by atoms with E-state index < -0.39 is 30.4 Å². The van der Waals surface area contributed by atoms with Crippen molar-refractivity contribution in [1.29, 1.82) is 0 Å². The quantitative estimate of drug-likeness (QED) is 0.424. The largest absolute Gasteiger partial charge is 0.482 e. The summed E-state index contributed by atoms with van der Waals surface area (Å²) in [4.78, 5) is 4.12. The molecule has 0 amide bonds. The van der Waals surface area contributed by atoms with Crippen molar-refractivity contribution in [2.45, 2.75) is 38.8 Å². The highest BCUT2D eigenvalue weighted by Gasteiger charge is 2.45. The fourth-order valence-corrected chi connectivity index (χ4v) is 4.14. The highest BCUT2D eigenvalue weighted by molar-refractivity contribution is 6.36. The zero-order chi connectivity index (χ0) is 24.3. The Balaban J connectivity index is 0.00000149. The number of alkyl halides is 2. The number of pyridine rings is 1. The van der Waals surface area contributed by atoms with E-state index in [0.717, 1.165) is 0 Å². The second-order valence-corrected chi connectivity index (χ2v) is 8.03. The molecule has 0 radical (unpaired) electrons. The van der Waals surface area contributed by atoms with Crippen LogP contribution in [0.15, 0.2) is 36.8 Å². The van der Waals surface area contributed by atoms with E-state index in [2.05, 4.69) is 15.4 Å². The second kappa shape index (κ2) is 10.2. The Morgan fingerprint density at radius 1 is 1.24 bits per heavy atom. The molecule has 1 aliphatic rings. The first-order valence-electron chi connectivity index (χ1n) is 10.4. The van der Waals surface area contributed by atoms with E-state index in [4.69, 9.17) is 33.7 Å². The van der Waals surface area contributed by atoms with Crippen molar-refractivity contribution in [3.63, 3.8) is 0 Å². The molecule has 11 heteroatoms. The van der Waals surface area contributed by atoms with Crippen molar-refractivity contribution >= 4 is 29.0 Å².